The molecule has 9 nitrogen and oxygen atoms in total. The highest BCUT2D eigenvalue weighted by molar-refractivity contribution is 5.33. The number of hydrogen-bond donors (Lipinski definition) is 2. The first kappa shape index (κ1) is 16.2. The third-order valence-electron chi connectivity index (χ3n) is 3.94. The summed E-state index contributed by atoms with van der Waals surface area (Å²) in [6, 6.07) is 5.73. The molecular weight excluding hydrogens is 310 g/mol. The number of nitro groups is 1. The van der Waals surface area contributed by atoms with Crippen LogP contribution in [0.15, 0.2) is 24.3 Å². The third kappa shape index (κ3) is 3.07. The third-order valence-corrected chi connectivity index (χ3v) is 3.94. The van der Waals surface area contributed by atoms with Gasteiger partial charge in [-0.25, -0.2) is 0 Å². The van der Waals surface area contributed by atoms with Crippen LogP contribution in [-0.2, 0) is 18.9 Å². The number of nitrogens with zero attached hydrogens (tertiary/aromatic N) is 1. The number of methoxy groups -OCH3 is 1. The van der Waals surface area contributed by atoms with Gasteiger partial charge >= 0.3 is 0 Å². The van der Waals surface area contributed by atoms with E-state index in [9.17, 15) is 20.3 Å². The number of nitro benzene ring substituents is 1. The van der Waals surface area contributed by atoms with E-state index in [-0.39, 0.29) is 12.3 Å². The molecule has 2 N–H and O–H groups in total. The first-order valence-electron chi connectivity index (χ1n) is 7.07. The summed E-state index contributed by atoms with van der Waals surface area (Å²) in [6.07, 6.45) is -5.55. The van der Waals surface area contributed by atoms with Crippen molar-refractivity contribution in [2.45, 2.75) is 37.0 Å². The molecule has 23 heavy (non-hydrogen) atoms. The number of rotatable bonds is 3. The van der Waals surface area contributed by atoms with Crippen molar-refractivity contribution in [3.63, 3.8) is 0 Å². The Labute approximate surface area is 131 Å². The van der Waals surface area contributed by atoms with Gasteiger partial charge in [-0.2, -0.15) is 0 Å². The second-order valence-corrected chi connectivity index (χ2v) is 5.37. The lowest BCUT2D eigenvalue weighted by Gasteiger charge is -2.45. The number of ether oxygens (including phenoxy) is 4. The smallest absolute Gasteiger partial charge is 0.269 e. The summed E-state index contributed by atoms with van der Waals surface area (Å²) in [7, 11) is 1.37. The zero-order valence-electron chi connectivity index (χ0n) is 12.3. The van der Waals surface area contributed by atoms with Crippen LogP contribution in [0.1, 0.15) is 11.9 Å². The topological polar surface area (TPSA) is 121 Å². The number of non-ortho nitro benzene ring substituents is 1. The van der Waals surface area contributed by atoms with Gasteiger partial charge in [0.15, 0.2) is 12.6 Å². The predicted molar refractivity (Wildman–Crippen MR) is 74.3 cm³/mol. The van der Waals surface area contributed by atoms with E-state index in [1.165, 1.54) is 31.4 Å². The maximum atomic E-state index is 10.7. The molecule has 126 valence electrons. The zero-order chi connectivity index (χ0) is 16.6. The minimum absolute atomic E-state index is 0.0400. The lowest BCUT2D eigenvalue weighted by Crippen LogP contribution is -2.62. The van der Waals surface area contributed by atoms with Crippen LogP contribution < -0.4 is 0 Å². The number of aliphatic hydroxyl groups is 2. The van der Waals surface area contributed by atoms with Crippen molar-refractivity contribution < 1.29 is 34.1 Å². The second-order valence-electron chi connectivity index (χ2n) is 5.37. The molecule has 0 aromatic heterocycles. The molecule has 1 aromatic rings. The Morgan fingerprint density at radius 3 is 2.52 bits per heavy atom. The molecule has 6 atom stereocenters. The molecule has 0 amide bonds. The Balaban J connectivity index is 1.73. The average Bonchev–Trinajstić information content (AvgIpc) is 2.58. The average molecular weight is 327 g/mol. The minimum Gasteiger partial charge on any atom is -0.387 e. The highest BCUT2D eigenvalue weighted by Crippen LogP contribution is 2.34. The summed E-state index contributed by atoms with van der Waals surface area (Å²) in [5.74, 6) is 0. The lowest BCUT2D eigenvalue weighted by molar-refractivity contribution is -0.385. The van der Waals surface area contributed by atoms with E-state index in [1.807, 2.05) is 0 Å². The van der Waals surface area contributed by atoms with Gasteiger partial charge in [-0.1, -0.05) is 0 Å². The van der Waals surface area contributed by atoms with E-state index in [2.05, 4.69) is 0 Å². The van der Waals surface area contributed by atoms with Gasteiger partial charge in [0.05, 0.1) is 11.5 Å². The molecule has 0 spiro atoms. The molecule has 9 heteroatoms. The van der Waals surface area contributed by atoms with Crippen LogP contribution in [0.2, 0.25) is 0 Å². The maximum absolute atomic E-state index is 10.7. The molecule has 2 saturated heterocycles. The summed E-state index contributed by atoms with van der Waals surface area (Å²) in [4.78, 5) is 10.2. The van der Waals surface area contributed by atoms with Gasteiger partial charge in [-0.15, -0.1) is 0 Å². The first-order valence-corrected chi connectivity index (χ1v) is 7.07. The predicted octanol–water partition coefficient (Wildman–Crippen LogP) is 0.102. The van der Waals surface area contributed by atoms with Gasteiger partial charge < -0.3 is 29.2 Å². The summed E-state index contributed by atoms with van der Waals surface area (Å²) >= 11 is 0. The number of fused-ring (bicyclic) bond motifs is 1. The molecule has 0 unspecified atom stereocenters. The molecule has 3 rings (SSSR count). The Kier molecular flexibility index (Phi) is 4.57. The van der Waals surface area contributed by atoms with Gasteiger partial charge in [-0.3, -0.25) is 10.1 Å². The van der Waals surface area contributed by atoms with E-state index in [0.29, 0.717) is 5.56 Å². The Morgan fingerprint density at radius 2 is 1.91 bits per heavy atom. The van der Waals surface area contributed by atoms with E-state index >= 15 is 0 Å². The fraction of sp³-hybridized carbons (Fsp3) is 0.571. The molecule has 0 bridgehead atoms. The van der Waals surface area contributed by atoms with E-state index < -0.39 is 41.9 Å². The number of hydrogen-bond acceptors (Lipinski definition) is 8. The Hall–Kier alpha value is -1.62. The second kappa shape index (κ2) is 6.48. The van der Waals surface area contributed by atoms with Crippen molar-refractivity contribution in [3.05, 3.63) is 39.9 Å². The Bertz CT molecular complexity index is 562. The lowest BCUT2D eigenvalue weighted by atomic mass is 9.98. The molecule has 2 fully saturated rings. The van der Waals surface area contributed by atoms with Crippen LogP contribution in [0.4, 0.5) is 5.69 Å². The monoisotopic (exact) mass is 327 g/mol. The first-order chi connectivity index (χ1) is 11.0. The van der Waals surface area contributed by atoms with Crippen LogP contribution in [0.25, 0.3) is 0 Å². The van der Waals surface area contributed by atoms with E-state index in [1.54, 1.807) is 0 Å². The highest BCUT2D eigenvalue weighted by Gasteiger charge is 2.49. The SMILES string of the molecule is CO[C@H]1O[C@@H]2CO[C@@H](c3ccc([N+](=O)[O-])cc3)O[C@H]2[C@H](O)[C@@H]1O. The molecule has 0 radical (unpaired) electrons. The van der Waals surface area contributed by atoms with Crippen LogP contribution in [0.5, 0.6) is 0 Å². The van der Waals surface area contributed by atoms with E-state index in [0.717, 1.165) is 0 Å². The maximum Gasteiger partial charge on any atom is 0.269 e. The van der Waals surface area contributed by atoms with Gasteiger partial charge in [0.25, 0.3) is 5.69 Å². The summed E-state index contributed by atoms with van der Waals surface area (Å²) < 4.78 is 21.7. The van der Waals surface area contributed by atoms with Crippen LogP contribution in [-0.4, -0.2) is 59.6 Å². The summed E-state index contributed by atoms with van der Waals surface area (Å²) in [5, 5.41) is 30.8. The van der Waals surface area contributed by atoms with Crippen molar-refractivity contribution in [2.24, 2.45) is 0 Å². The standard InChI is InChI=1S/C14H17NO8/c1-20-14-11(17)10(16)12-9(22-14)6-21-13(23-12)7-2-4-8(5-3-7)15(18)19/h2-5,9-14,16-17H,6H2,1H3/t9-,10-,11+,12-,13-,14+/m1/s1. The van der Waals surface area contributed by atoms with Crippen LogP contribution in [0.3, 0.4) is 0 Å². The number of aliphatic hydroxyl groups excluding tert-OH is 2. The van der Waals surface area contributed by atoms with Gasteiger partial charge in [0.1, 0.15) is 24.4 Å². The summed E-state index contributed by atoms with van der Waals surface area (Å²) in [5.41, 5.74) is 0.534. The molecular formula is C14H17NO8. The molecule has 2 aliphatic rings. The largest absolute Gasteiger partial charge is 0.387 e. The van der Waals surface area contributed by atoms with Crippen molar-refractivity contribution in [2.75, 3.05) is 13.7 Å². The molecule has 0 aliphatic carbocycles. The van der Waals surface area contributed by atoms with Crippen molar-refractivity contribution >= 4 is 5.69 Å². The highest BCUT2D eigenvalue weighted by atomic mass is 16.7. The van der Waals surface area contributed by atoms with Crippen molar-refractivity contribution in [3.8, 4) is 0 Å². The molecule has 2 heterocycles. The minimum atomic E-state index is -1.24. The number of benzene rings is 1. The van der Waals surface area contributed by atoms with Crippen molar-refractivity contribution in [1.82, 2.24) is 0 Å². The Morgan fingerprint density at radius 1 is 1.22 bits per heavy atom. The van der Waals surface area contributed by atoms with Gasteiger partial charge in [-0.05, 0) is 12.1 Å². The van der Waals surface area contributed by atoms with Gasteiger partial charge in [0.2, 0.25) is 0 Å². The quantitative estimate of drug-likeness (QED) is 0.592. The van der Waals surface area contributed by atoms with Crippen LogP contribution in [0, 0.1) is 10.1 Å². The molecule has 1 aromatic carbocycles. The fourth-order valence-electron chi connectivity index (χ4n) is 2.69. The van der Waals surface area contributed by atoms with E-state index in [4.69, 9.17) is 18.9 Å². The van der Waals surface area contributed by atoms with Gasteiger partial charge in [0, 0.05) is 24.8 Å². The normalized spacial score (nSPS) is 37.2. The molecule has 2 aliphatic heterocycles. The van der Waals surface area contributed by atoms with Crippen molar-refractivity contribution in [1.29, 1.82) is 0 Å². The van der Waals surface area contributed by atoms with Crippen LogP contribution >= 0.6 is 0 Å². The molecule has 0 saturated carbocycles. The summed E-state index contributed by atoms with van der Waals surface area (Å²) in [6.45, 7) is 0.135. The zero-order valence-corrected chi connectivity index (χ0v) is 12.3. The fourth-order valence-corrected chi connectivity index (χ4v) is 2.69.